The Hall–Kier alpha value is -1.88. The summed E-state index contributed by atoms with van der Waals surface area (Å²) in [5, 5.41) is 6.05. The van der Waals surface area contributed by atoms with Gasteiger partial charge in [-0.15, -0.1) is 0 Å². The lowest BCUT2D eigenvalue weighted by molar-refractivity contribution is -0.131. The highest BCUT2D eigenvalue weighted by atomic mass is 16.2. The van der Waals surface area contributed by atoms with E-state index >= 15 is 0 Å². The molecular formula is C16H23N3O2. The number of piperazine rings is 1. The molecule has 0 saturated carbocycles. The number of nitrogens with one attached hydrogen (secondary N) is 2. The highest BCUT2D eigenvalue weighted by Crippen LogP contribution is 2.12. The fourth-order valence-corrected chi connectivity index (χ4v) is 2.45. The summed E-state index contributed by atoms with van der Waals surface area (Å²) >= 11 is 0. The van der Waals surface area contributed by atoms with Crippen LogP contribution in [0.15, 0.2) is 18.2 Å². The van der Waals surface area contributed by atoms with Gasteiger partial charge in [-0.3, -0.25) is 9.59 Å². The zero-order valence-electron chi connectivity index (χ0n) is 12.7. The van der Waals surface area contributed by atoms with Crippen LogP contribution in [0, 0.1) is 13.8 Å². The first kappa shape index (κ1) is 15.5. The average Bonchev–Trinajstić information content (AvgIpc) is 2.50. The van der Waals surface area contributed by atoms with Gasteiger partial charge in [0.05, 0.1) is 0 Å². The van der Waals surface area contributed by atoms with Gasteiger partial charge in [0.15, 0.2) is 0 Å². The van der Waals surface area contributed by atoms with Gasteiger partial charge in [0.2, 0.25) is 5.91 Å². The van der Waals surface area contributed by atoms with Gasteiger partial charge in [-0.05, 0) is 31.0 Å². The van der Waals surface area contributed by atoms with Crippen LogP contribution in [-0.4, -0.2) is 49.4 Å². The third-order valence-electron chi connectivity index (χ3n) is 3.94. The maximum absolute atomic E-state index is 12.1. The van der Waals surface area contributed by atoms with E-state index < -0.39 is 0 Å². The molecule has 0 spiro atoms. The van der Waals surface area contributed by atoms with E-state index in [0.29, 0.717) is 18.5 Å². The molecule has 1 saturated heterocycles. The van der Waals surface area contributed by atoms with E-state index in [2.05, 4.69) is 10.6 Å². The van der Waals surface area contributed by atoms with Crippen molar-refractivity contribution < 1.29 is 9.59 Å². The van der Waals surface area contributed by atoms with Gasteiger partial charge in [0, 0.05) is 44.7 Å². The maximum atomic E-state index is 12.1. The first-order chi connectivity index (χ1) is 10.1. The monoisotopic (exact) mass is 289 g/mol. The van der Waals surface area contributed by atoms with E-state index in [1.807, 2.05) is 36.9 Å². The molecule has 1 heterocycles. The highest BCUT2D eigenvalue weighted by Gasteiger charge is 2.16. The van der Waals surface area contributed by atoms with E-state index in [0.717, 1.165) is 37.3 Å². The van der Waals surface area contributed by atoms with Crippen LogP contribution >= 0.6 is 0 Å². The van der Waals surface area contributed by atoms with Crippen LogP contribution in [0.5, 0.6) is 0 Å². The molecule has 0 unspecified atom stereocenters. The van der Waals surface area contributed by atoms with E-state index in [4.69, 9.17) is 0 Å². The number of carbonyl (C=O) groups is 2. The van der Waals surface area contributed by atoms with Crippen LogP contribution in [0.4, 0.5) is 0 Å². The van der Waals surface area contributed by atoms with Crippen LogP contribution in [0.3, 0.4) is 0 Å². The van der Waals surface area contributed by atoms with E-state index in [1.54, 1.807) is 0 Å². The second-order valence-electron chi connectivity index (χ2n) is 5.38. The Labute approximate surface area is 125 Å². The predicted octanol–water partition coefficient (Wildman–Crippen LogP) is 0.855. The quantitative estimate of drug-likeness (QED) is 0.864. The number of aryl methyl sites for hydroxylation is 1. The molecule has 5 heteroatoms. The van der Waals surface area contributed by atoms with Gasteiger partial charge >= 0.3 is 0 Å². The average molecular weight is 289 g/mol. The molecule has 0 radical (unpaired) electrons. The molecule has 1 aromatic carbocycles. The molecule has 0 atom stereocenters. The minimum absolute atomic E-state index is 0.107. The fraction of sp³-hybridized carbons (Fsp3) is 0.500. The summed E-state index contributed by atoms with van der Waals surface area (Å²) in [5.74, 6) is 0.00192. The van der Waals surface area contributed by atoms with E-state index in [1.165, 1.54) is 0 Å². The third kappa shape index (κ3) is 4.04. The zero-order chi connectivity index (χ0) is 15.2. The Bertz CT molecular complexity index is 522. The summed E-state index contributed by atoms with van der Waals surface area (Å²) in [6, 6.07) is 5.68. The number of benzene rings is 1. The third-order valence-corrected chi connectivity index (χ3v) is 3.94. The van der Waals surface area contributed by atoms with Gasteiger partial charge in [-0.25, -0.2) is 0 Å². The molecular weight excluding hydrogens is 266 g/mol. The summed E-state index contributed by atoms with van der Waals surface area (Å²) in [6.45, 7) is 7.51. The van der Waals surface area contributed by atoms with Gasteiger partial charge in [-0.1, -0.05) is 12.1 Å². The molecule has 2 N–H and O–H groups in total. The summed E-state index contributed by atoms with van der Waals surface area (Å²) in [6.07, 6.45) is 0.358. The number of carbonyl (C=O) groups excluding carboxylic acids is 2. The van der Waals surface area contributed by atoms with Crippen molar-refractivity contribution in [2.45, 2.75) is 20.3 Å². The van der Waals surface area contributed by atoms with Crippen LogP contribution in [0.2, 0.25) is 0 Å². The summed E-state index contributed by atoms with van der Waals surface area (Å²) in [4.78, 5) is 26.0. The molecule has 1 aromatic rings. The maximum Gasteiger partial charge on any atom is 0.251 e. The Kier molecular flexibility index (Phi) is 5.33. The number of hydrogen-bond acceptors (Lipinski definition) is 3. The SMILES string of the molecule is Cc1cccc(C(=O)NCCC(=O)N2CCNCC2)c1C. The number of hydrogen-bond donors (Lipinski definition) is 2. The molecule has 0 bridgehead atoms. The molecule has 21 heavy (non-hydrogen) atoms. The van der Waals surface area contributed by atoms with Crippen molar-refractivity contribution in [3.05, 3.63) is 34.9 Å². The van der Waals surface area contributed by atoms with Crippen LogP contribution < -0.4 is 10.6 Å². The summed E-state index contributed by atoms with van der Waals surface area (Å²) < 4.78 is 0. The van der Waals surface area contributed by atoms with Crippen LogP contribution in [0.1, 0.15) is 27.9 Å². The molecule has 1 aliphatic rings. The Balaban J connectivity index is 1.81. The molecule has 1 aliphatic heterocycles. The minimum Gasteiger partial charge on any atom is -0.352 e. The van der Waals surface area contributed by atoms with Crippen molar-refractivity contribution in [2.75, 3.05) is 32.7 Å². The lowest BCUT2D eigenvalue weighted by Crippen LogP contribution is -2.47. The zero-order valence-corrected chi connectivity index (χ0v) is 12.7. The van der Waals surface area contributed by atoms with E-state index in [9.17, 15) is 9.59 Å². The molecule has 114 valence electrons. The lowest BCUT2D eigenvalue weighted by Gasteiger charge is -2.27. The Morgan fingerprint density at radius 1 is 1.24 bits per heavy atom. The topological polar surface area (TPSA) is 61.4 Å². The van der Waals surface area contributed by atoms with Crippen molar-refractivity contribution >= 4 is 11.8 Å². The predicted molar refractivity (Wildman–Crippen MR) is 82.3 cm³/mol. The molecule has 2 amide bonds. The van der Waals surface area contributed by atoms with Crippen molar-refractivity contribution in [3.63, 3.8) is 0 Å². The summed E-state index contributed by atoms with van der Waals surface area (Å²) in [5.41, 5.74) is 2.77. The first-order valence-electron chi connectivity index (χ1n) is 7.42. The second-order valence-corrected chi connectivity index (χ2v) is 5.38. The normalized spacial score (nSPS) is 14.9. The Morgan fingerprint density at radius 3 is 2.67 bits per heavy atom. The van der Waals surface area contributed by atoms with Gasteiger partial charge in [0.1, 0.15) is 0 Å². The van der Waals surface area contributed by atoms with E-state index in [-0.39, 0.29) is 11.8 Å². The number of nitrogens with zero attached hydrogens (tertiary/aromatic N) is 1. The second kappa shape index (κ2) is 7.22. The minimum atomic E-state index is -0.107. The summed E-state index contributed by atoms with van der Waals surface area (Å²) in [7, 11) is 0. The number of amides is 2. The van der Waals surface area contributed by atoms with Gasteiger partial charge in [0.25, 0.3) is 5.91 Å². The van der Waals surface area contributed by atoms with Crippen molar-refractivity contribution in [3.8, 4) is 0 Å². The lowest BCUT2D eigenvalue weighted by atomic mass is 10.0. The largest absolute Gasteiger partial charge is 0.352 e. The standard InChI is InChI=1S/C16H23N3O2/c1-12-4-3-5-14(13(12)2)16(21)18-7-6-15(20)19-10-8-17-9-11-19/h3-5,17H,6-11H2,1-2H3,(H,18,21). The molecule has 0 aliphatic carbocycles. The smallest absolute Gasteiger partial charge is 0.251 e. The first-order valence-corrected chi connectivity index (χ1v) is 7.42. The fourth-order valence-electron chi connectivity index (χ4n) is 2.45. The molecule has 5 nitrogen and oxygen atoms in total. The van der Waals surface area contributed by atoms with Crippen molar-refractivity contribution in [1.82, 2.24) is 15.5 Å². The van der Waals surface area contributed by atoms with Gasteiger partial charge < -0.3 is 15.5 Å². The molecule has 0 aromatic heterocycles. The number of rotatable bonds is 4. The highest BCUT2D eigenvalue weighted by molar-refractivity contribution is 5.96. The van der Waals surface area contributed by atoms with Crippen LogP contribution in [0.25, 0.3) is 0 Å². The van der Waals surface area contributed by atoms with Crippen molar-refractivity contribution in [1.29, 1.82) is 0 Å². The Morgan fingerprint density at radius 2 is 1.95 bits per heavy atom. The molecule has 1 fully saturated rings. The molecule has 2 rings (SSSR count). The van der Waals surface area contributed by atoms with Crippen molar-refractivity contribution in [2.24, 2.45) is 0 Å². The van der Waals surface area contributed by atoms with Gasteiger partial charge in [-0.2, -0.15) is 0 Å². The van der Waals surface area contributed by atoms with Crippen LogP contribution in [-0.2, 0) is 4.79 Å².